The monoisotopic (exact) mass is 366 g/mol. The largest absolute Gasteiger partial charge is 0.459 e. The minimum absolute atomic E-state index is 0.0321. The van der Waals surface area contributed by atoms with Crippen molar-refractivity contribution >= 4 is 11.9 Å². The van der Waals surface area contributed by atoms with Crippen LogP contribution in [0.2, 0.25) is 0 Å². The first kappa shape index (κ1) is 20.9. The van der Waals surface area contributed by atoms with Crippen molar-refractivity contribution in [3.8, 4) is 0 Å². The van der Waals surface area contributed by atoms with E-state index in [1.54, 1.807) is 0 Å². The van der Waals surface area contributed by atoms with Crippen LogP contribution in [0.1, 0.15) is 54.4 Å². The van der Waals surface area contributed by atoms with Gasteiger partial charge in [-0.3, -0.25) is 14.5 Å². The number of allylic oxidation sites excluding steroid dienone is 1. The lowest BCUT2D eigenvalue weighted by Crippen LogP contribution is -2.63. The van der Waals surface area contributed by atoms with Crippen LogP contribution in [-0.4, -0.2) is 59.8 Å². The summed E-state index contributed by atoms with van der Waals surface area (Å²) in [5, 5.41) is 3.09. The summed E-state index contributed by atoms with van der Waals surface area (Å²) in [6.45, 7) is 12.5. The Morgan fingerprint density at radius 3 is 2.54 bits per heavy atom. The van der Waals surface area contributed by atoms with E-state index in [9.17, 15) is 9.59 Å². The van der Waals surface area contributed by atoms with Gasteiger partial charge in [0, 0.05) is 26.1 Å². The summed E-state index contributed by atoms with van der Waals surface area (Å²) in [4.78, 5) is 26.8. The highest BCUT2D eigenvalue weighted by molar-refractivity contribution is 5.77. The Morgan fingerprint density at radius 2 is 2.00 bits per heavy atom. The van der Waals surface area contributed by atoms with Crippen molar-refractivity contribution in [1.29, 1.82) is 0 Å². The summed E-state index contributed by atoms with van der Waals surface area (Å²) in [5.41, 5.74) is -0.508. The van der Waals surface area contributed by atoms with Gasteiger partial charge < -0.3 is 14.8 Å². The van der Waals surface area contributed by atoms with Crippen LogP contribution in [0, 0.1) is 5.92 Å². The molecule has 2 heterocycles. The van der Waals surface area contributed by atoms with Crippen LogP contribution in [0.4, 0.5) is 0 Å². The molecule has 1 amide bonds. The SMILES string of the molecule is C/C=C\[C@@H]1C[C@H](C(=O)OC(C)(C)C)N2CC[C@@H](OCC)[C@H](NC(C)=O)[C@@H]12. The number of hydrogen-bond acceptors (Lipinski definition) is 5. The molecule has 0 radical (unpaired) electrons. The fourth-order valence-corrected chi connectivity index (χ4v) is 4.29. The zero-order valence-corrected chi connectivity index (χ0v) is 17.0. The molecule has 2 rings (SSSR count). The second kappa shape index (κ2) is 8.53. The molecular formula is C20H34N2O4. The number of piperidine rings is 1. The Balaban J connectivity index is 2.30. The Morgan fingerprint density at radius 1 is 1.31 bits per heavy atom. The molecule has 2 saturated heterocycles. The molecule has 6 nitrogen and oxygen atoms in total. The van der Waals surface area contributed by atoms with Gasteiger partial charge in [-0.05, 0) is 53.4 Å². The molecule has 0 unspecified atom stereocenters. The van der Waals surface area contributed by atoms with Crippen molar-refractivity contribution in [2.45, 2.75) is 84.2 Å². The van der Waals surface area contributed by atoms with Gasteiger partial charge in [-0.2, -0.15) is 0 Å². The Kier molecular flexibility index (Phi) is 6.86. The summed E-state index contributed by atoms with van der Waals surface area (Å²) < 4.78 is 11.6. The molecule has 2 aliphatic heterocycles. The topological polar surface area (TPSA) is 67.9 Å². The Hall–Kier alpha value is -1.40. The lowest BCUT2D eigenvalue weighted by Gasteiger charge is -2.44. The van der Waals surface area contributed by atoms with Gasteiger partial charge in [0.1, 0.15) is 11.6 Å². The third-order valence-electron chi connectivity index (χ3n) is 5.03. The molecule has 0 saturated carbocycles. The standard InChI is InChI=1S/C20H34N2O4/c1-7-9-14-12-15(19(24)26-20(4,5)6)22-11-10-16(25-8-2)17(18(14)22)21-13(3)23/h7,9,14-18H,8,10-12H2,1-6H3,(H,21,23)/b9-7-/t14-,15-,16-,17+,18-/m1/s1. The first-order valence-corrected chi connectivity index (χ1v) is 9.68. The van der Waals surface area contributed by atoms with E-state index in [2.05, 4.69) is 16.3 Å². The molecule has 2 aliphatic rings. The maximum atomic E-state index is 12.8. The molecule has 26 heavy (non-hydrogen) atoms. The molecule has 0 aliphatic carbocycles. The van der Waals surface area contributed by atoms with Crippen LogP contribution in [-0.2, 0) is 19.1 Å². The number of fused-ring (bicyclic) bond motifs is 1. The molecule has 6 heteroatoms. The molecule has 0 aromatic rings. The average molecular weight is 367 g/mol. The van der Waals surface area contributed by atoms with E-state index in [-0.39, 0.29) is 42.0 Å². The van der Waals surface area contributed by atoms with E-state index in [0.29, 0.717) is 13.0 Å². The van der Waals surface area contributed by atoms with E-state index in [0.717, 1.165) is 13.0 Å². The molecule has 1 N–H and O–H groups in total. The number of esters is 1. The van der Waals surface area contributed by atoms with Gasteiger partial charge in [0.25, 0.3) is 0 Å². The summed E-state index contributed by atoms with van der Waals surface area (Å²) in [6.07, 6.45) is 5.63. The van der Waals surface area contributed by atoms with E-state index < -0.39 is 5.60 Å². The smallest absolute Gasteiger partial charge is 0.323 e. The second-order valence-corrected chi connectivity index (χ2v) is 8.21. The summed E-state index contributed by atoms with van der Waals surface area (Å²) in [6, 6.07) is -0.369. The predicted molar refractivity (Wildman–Crippen MR) is 101 cm³/mol. The number of ether oxygens (including phenoxy) is 2. The molecule has 0 spiro atoms. The number of hydrogen-bond donors (Lipinski definition) is 1. The quantitative estimate of drug-likeness (QED) is 0.597. The van der Waals surface area contributed by atoms with Gasteiger partial charge >= 0.3 is 5.97 Å². The number of carbonyl (C=O) groups excluding carboxylic acids is 2. The number of amides is 1. The third-order valence-corrected chi connectivity index (χ3v) is 5.03. The Labute approximate surface area is 157 Å². The molecule has 5 atom stereocenters. The highest BCUT2D eigenvalue weighted by Gasteiger charge is 2.52. The number of nitrogens with zero attached hydrogens (tertiary/aromatic N) is 1. The second-order valence-electron chi connectivity index (χ2n) is 8.21. The average Bonchev–Trinajstić information content (AvgIpc) is 2.87. The highest BCUT2D eigenvalue weighted by Crippen LogP contribution is 2.39. The molecule has 2 fully saturated rings. The van der Waals surface area contributed by atoms with Crippen LogP contribution in [0.25, 0.3) is 0 Å². The van der Waals surface area contributed by atoms with Crippen LogP contribution in [0.15, 0.2) is 12.2 Å². The van der Waals surface area contributed by atoms with E-state index in [4.69, 9.17) is 9.47 Å². The van der Waals surface area contributed by atoms with Gasteiger partial charge in [0.15, 0.2) is 0 Å². The molecular weight excluding hydrogens is 332 g/mol. The van der Waals surface area contributed by atoms with Gasteiger partial charge in [-0.15, -0.1) is 0 Å². The van der Waals surface area contributed by atoms with E-state index in [1.807, 2.05) is 40.7 Å². The van der Waals surface area contributed by atoms with E-state index in [1.165, 1.54) is 6.92 Å². The lowest BCUT2D eigenvalue weighted by atomic mass is 9.86. The Bertz CT molecular complexity index is 540. The zero-order valence-electron chi connectivity index (χ0n) is 17.0. The summed E-state index contributed by atoms with van der Waals surface area (Å²) >= 11 is 0. The first-order chi connectivity index (χ1) is 12.2. The van der Waals surface area contributed by atoms with E-state index >= 15 is 0 Å². The van der Waals surface area contributed by atoms with Gasteiger partial charge in [-0.1, -0.05) is 12.2 Å². The molecule has 0 aromatic heterocycles. The van der Waals surface area contributed by atoms with Crippen molar-refractivity contribution in [3.05, 3.63) is 12.2 Å². The van der Waals surface area contributed by atoms with Crippen LogP contribution < -0.4 is 5.32 Å². The first-order valence-electron chi connectivity index (χ1n) is 9.68. The minimum Gasteiger partial charge on any atom is -0.459 e. The minimum atomic E-state index is -0.508. The normalized spacial score (nSPS) is 32.5. The lowest BCUT2D eigenvalue weighted by molar-refractivity contribution is -0.162. The number of carbonyl (C=O) groups is 2. The van der Waals surface area contributed by atoms with Crippen molar-refractivity contribution in [2.24, 2.45) is 5.92 Å². The van der Waals surface area contributed by atoms with Crippen LogP contribution >= 0.6 is 0 Å². The maximum absolute atomic E-state index is 12.8. The van der Waals surface area contributed by atoms with Crippen molar-refractivity contribution in [2.75, 3.05) is 13.2 Å². The van der Waals surface area contributed by atoms with Crippen molar-refractivity contribution in [1.82, 2.24) is 10.2 Å². The molecule has 0 bridgehead atoms. The molecule has 0 aromatic carbocycles. The van der Waals surface area contributed by atoms with Crippen molar-refractivity contribution < 1.29 is 19.1 Å². The summed E-state index contributed by atoms with van der Waals surface area (Å²) in [5.74, 6) is -0.0648. The fraction of sp³-hybridized carbons (Fsp3) is 0.800. The fourth-order valence-electron chi connectivity index (χ4n) is 4.29. The van der Waals surface area contributed by atoms with Gasteiger partial charge in [-0.25, -0.2) is 0 Å². The molecule has 148 valence electrons. The van der Waals surface area contributed by atoms with Crippen LogP contribution in [0.3, 0.4) is 0 Å². The van der Waals surface area contributed by atoms with Crippen molar-refractivity contribution in [3.63, 3.8) is 0 Å². The van der Waals surface area contributed by atoms with Crippen LogP contribution in [0.5, 0.6) is 0 Å². The summed E-state index contributed by atoms with van der Waals surface area (Å²) in [7, 11) is 0. The number of nitrogens with one attached hydrogen (secondary N) is 1. The highest BCUT2D eigenvalue weighted by atomic mass is 16.6. The van der Waals surface area contributed by atoms with Gasteiger partial charge in [0.2, 0.25) is 5.91 Å². The number of rotatable bonds is 5. The zero-order chi connectivity index (χ0) is 19.5. The van der Waals surface area contributed by atoms with Gasteiger partial charge in [0.05, 0.1) is 12.1 Å². The maximum Gasteiger partial charge on any atom is 0.323 e. The third kappa shape index (κ3) is 4.86. The predicted octanol–water partition coefficient (Wildman–Crippen LogP) is 2.28.